The molecule has 3 rings (SSSR count). The predicted octanol–water partition coefficient (Wildman–Crippen LogP) is 3.59. The first kappa shape index (κ1) is 16.8. The minimum absolute atomic E-state index is 0.681. The summed E-state index contributed by atoms with van der Waals surface area (Å²) in [5, 5.41) is 8.10. The molecule has 1 aliphatic heterocycles. The molecule has 0 saturated carbocycles. The van der Waals surface area contributed by atoms with Gasteiger partial charge in [0.15, 0.2) is 11.5 Å². The van der Waals surface area contributed by atoms with E-state index in [4.69, 9.17) is 9.47 Å². The molecule has 0 amide bonds. The fourth-order valence-corrected chi connectivity index (χ4v) is 3.44. The van der Waals surface area contributed by atoms with Crippen molar-refractivity contribution < 1.29 is 9.47 Å². The van der Waals surface area contributed by atoms with Crippen LogP contribution in [0.2, 0.25) is 0 Å². The van der Waals surface area contributed by atoms with Crippen molar-refractivity contribution in [2.75, 3.05) is 32.6 Å². The van der Waals surface area contributed by atoms with Crippen LogP contribution in [0, 0.1) is 0 Å². The molecule has 1 saturated heterocycles. The van der Waals surface area contributed by atoms with E-state index in [2.05, 4.69) is 15.6 Å². The van der Waals surface area contributed by atoms with E-state index < -0.39 is 0 Å². The topological polar surface area (TPSA) is 55.4 Å². The van der Waals surface area contributed by atoms with Crippen LogP contribution >= 0.6 is 0 Å². The predicted molar refractivity (Wildman–Crippen MR) is 98.2 cm³/mol. The number of hydrogen-bond acceptors (Lipinski definition) is 5. The molecule has 0 radical (unpaired) electrons. The lowest BCUT2D eigenvalue weighted by Crippen LogP contribution is -2.34. The van der Waals surface area contributed by atoms with E-state index in [9.17, 15) is 0 Å². The standard InChI is InChI=1S/C19H27N3O2/c1-23-17-13-16(18-15(19(17)24-2)9-6-12-22-18)21-11-5-8-14-7-3-4-10-20-14/h6,9,12-14,20-21H,3-5,7-8,10-11H2,1-2H3/t14-/m0/s1. The second-order valence-corrected chi connectivity index (χ2v) is 6.28. The minimum atomic E-state index is 0.681. The second kappa shape index (κ2) is 8.20. The van der Waals surface area contributed by atoms with Crippen LogP contribution in [0.15, 0.2) is 24.4 Å². The Labute approximate surface area is 143 Å². The van der Waals surface area contributed by atoms with Crippen molar-refractivity contribution in [3.8, 4) is 11.5 Å². The first-order valence-electron chi connectivity index (χ1n) is 8.80. The van der Waals surface area contributed by atoms with Crippen LogP contribution in [-0.4, -0.2) is 38.3 Å². The highest BCUT2D eigenvalue weighted by Gasteiger charge is 2.15. The van der Waals surface area contributed by atoms with Gasteiger partial charge in [0, 0.05) is 30.2 Å². The third kappa shape index (κ3) is 3.73. The number of ether oxygens (including phenoxy) is 2. The first-order chi connectivity index (χ1) is 11.8. The number of pyridine rings is 1. The fourth-order valence-electron chi connectivity index (χ4n) is 3.44. The van der Waals surface area contributed by atoms with Crippen molar-refractivity contribution >= 4 is 16.6 Å². The van der Waals surface area contributed by atoms with Crippen molar-refractivity contribution in [2.45, 2.75) is 38.1 Å². The molecular weight excluding hydrogens is 302 g/mol. The Hall–Kier alpha value is -2.01. The number of aromatic nitrogens is 1. The van der Waals surface area contributed by atoms with Gasteiger partial charge in [-0.3, -0.25) is 4.98 Å². The Balaban J connectivity index is 1.69. The van der Waals surface area contributed by atoms with Crippen LogP contribution in [0.5, 0.6) is 11.5 Å². The van der Waals surface area contributed by atoms with E-state index in [1.54, 1.807) is 14.2 Å². The van der Waals surface area contributed by atoms with Crippen LogP contribution in [0.4, 0.5) is 5.69 Å². The SMILES string of the molecule is COc1cc(NCCC[C@@H]2CCCCN2)c2ncccc2c1OC. The number of nitrogens with zero attached hydrogens (tertiary/aromatic N) is 1. The third-order valence-corrected chi connectivity index (χ3v) is 4.69. The maximum atomic E-state index is 5.51. The molecule has 0 unspecified atom stereocenters. The Morgan fingerprint density at radius 3 is 2.96 bits per heavy atom. The van der Waals surface area contributed by atoms with E-state index in [1.807, 2.05) is 24.4 Å². The number of methoxy groups -OCH3 is 2. The van der Waals surface area contributed by atoms with Gasteiger partial charge in [-0.15, -0.1) is 0 Å². The molecule has 2 aromatic rings. The summed E-state index contributed by atoms with van der Waals surface area (Å²) in [6, 6.07) is 6.59. The molecule has 130 valence electrons. The third-order valence-electron chi connectivity index (χ3n) is 4.69. The average Bonchev–Trinajstić information content (AvgIpc) is 2.65. The summed E-state index contributed by atoms with van der Waals surface area (Å²) in [4.78, 5) is 4.52. The molecule has 0 bridgehead atoms. The Morgan fingerprint density at radius 2 is 2.21 bits per heavy atom. The zero-order valence-corrected chi connectivity index (χ0v) is 14.6. The zero-order chi connectivity index (χ0) is 16.8. The van der Waals surface area contributed by atoms with Gasteiger partial charge in [-0.05, 0) is 44.4 Å². The lowest BCUT2D eigenvalue weighted by atomic mass is 10.0. The van der Waals surface area contributed by atoms with Gasteiger partial charge in [-0.25, -0.2) is 0 Å². The van der Waals surface area contributed by atoms with Crippen LogP contribution in [0.1, 0.15) is 32.1 Å². The summed E-state index contributed by atoms with van der Waals surface area (Å²) < 4.78 is 11.0. The maximum absolute atomic E-state index is 5.51. The Bertz CT molecular complexity index is 669. The van der Waals surface area contributed by atoms with E-state index in [-0.39, 0.29) is 0 Å². The number of piperidine rings is 1. The van der Waals surface area contributed by atoms with Gasteiger partial charge < -0.3 is 20.1 Å². The monoisotopic (exact) mass is 329 g/mol. The summed E-state index contributed by atoms with van der Waals surface area (Å²) >= 11 is 0. The quantitative estimate of drug-likeness (QED) is 0.760. The van der Waals surface area contributed by atoms with Crippen LogP contribution in [0.25, 0.3) is 10.9 Å². The van der Waals surface area contributed by atoms with Gasteiger partial charge in [0.2, 0.25) is 0 Å². The van der Waals surface area contributed by atoms with Crippen molar-refractivity contribution in [1.82, 2.24) is 10.3 Å². The molecule has 1 aromatic heterocycles. The first-order valence-corrected chi connectivity index (χ1v) is 8.80. The highest BCUT2D eigenvalue weighted by atomic mass is 16.5. The molecule has 0 aliphatic carbocycles. The van der Waals surface area contributed by atoms with Crippen molar-refractivity contribution in [3.63, 3.8) is 0 Å². The summed E-state index contributed by atoms with van der Waals surface area (Å²) in [6.07, 6.45) is 8.14. The molecule has 5 nitrogen and oxygen atoms in total. The normalized spacial score (nSPS) is 17.7. The molecular formula is C19H27N3O2. The second-order valence-electron chi connectivity index (χ2n) is 6.28. The number of rotatable bonds is 7. The van der Waals surface area contributed by atoms with Crippen LogP contribution in [0.3, 0.4) is 0 Å². The molecule has 1 fully saturated rings. The van der Waals surface area contributed by atoms with Crippen molar-refractivity contribution in [3.05, 3.63) is 24.4 Å². The summed E-state index contributed by atoms with van der Waals surface area (Å²) in [5.41, 5.74) is 1.92. The van der Waals surface area contributed by atoms with Gasteiger partial charge in [-0.1, -0.05) is 6.42 Å². The Morgan fingerprint density at radius 1 is 1.29 bits per heavy atom. The molecule has 2 N–H and O–H groups in total. The van der Waals surface area contributed by atoms with Gasteiger partial charge in [0.25, 0.3) is 0 Å². The highest BCUT2D eigenvalue weighted by Crippen LogP contribution is 2.39. The Kier molecular flexibility index (Phi) is 5.75. The minimum Gasteiger partial charge on any atom is -0.493 e. The molecule has 5 heteroatoms. The lowest BCUT2D eigenvalue weighted by Gasteiger charge is -2.23. The maximum Gasteiger partial charge on any atom is 0.170 e. The molecule has 1 aromatic carbocycles. The van der Waals surface area contributed by atoms with E-state index in [1.165, 1.54) is 32.2 Å². The van der Waals surface area contributed by atoms with Gasteiger partial charge in [-0.2, -0.15) is 0 Å². The summed E-state index contributed by atoms with van der Waals surface area (Å²) in [5.74, 6) is 1.46. The number of fused-ring (bicyclic) bond motifs is 1. The molecule has 1 aliphatic rings. The largest absolute Gasteiger partial charge is 0.493 e. The van der Waals surface area contributed by atoms with Crippen molar-refractivity contribution in [1.29, 1.82) is 0 Å². The fraction of sp³-hybridized carbons (Fsp3) is 0.526. The van der Waals surface area contributed by atoms with Gasteiger partial charge in [0.1, 0.15) is 0 Å². The van der Waals surface area contributed by atoms with Crippen LogP contribution < -0.4 is 20.1 Å². The number of nitrogens with one attached hydrogen (secondary N) is 2. The zero-order valence-electron chi connectivity index (χ0n) is 14.6. The highest BCUT2D eigenvalue weighted by molar-refractivity contribution is 5.97. The average molecular weight is 329 g/mol. The molecule has 1 atom stereocenters. The van der Waals surface area contributed by atoms with E-state index in [0.717, 1.165) is 41.1 Å². The summed E-state index contributed by atoms with van der Waals surface area (Å²) in [6.45, 7) is 2.10. The molecule has 0 spiro atoms. The van der Waals surface area contributed by atoms with E-state index >= 15 is 0 Å². The number of hydrogen-bond donors (Lipinski definition) is 2. The lowest BCUT2D eigenvalue weighted by molar-refractivity contribution is 0.358. The number of anilines is 1. The van der Waals surface area contributed by atoms with Crippen LogP contribution in [-0.2, 0) is 0 Å². The smallest absolute Gasteiger partial charge is 0.170 e. The van der Waals surface area contributed by atoms with Crippen molar-refractivity contribution in [2.24, 2.45) is 0 Å². The molecule has 2 heterocycles. The van der Waals surface area contributed by atoms with Gasteiger partial charge in [0.05, 0.1) is 25.4 Å². The molecule has 24 heavy (non-hydrogen) atoms. The summed E-state index contributed by atoms with van der Waals surface area (Å²) in [7, 11) is 3.33. The number of benzene rings is 1. The van der Waals surface area contributed by atoms with E-state index in [0.29, 0.717) is 6.04 Å². The van der Waals surface area contributed by atoms with Gasteiger partial charge >= 0.3 is 0 Å².